The van der Waals surface area contributed by atoms with E-state index >= 15 is 0 Å². The highest BCUT2D eigenvalue weighted by Gasteiger charge is 2.39. The molecule has 0 radical (unpaired) electrons. The van der Waals surface area contributed by atoms with Crippen LogP contribution in [0.4, 0.5) is 17.6 Å². The highest BCUT2D eigenvalue weighted by atomic mass is 35.5. The molecular formula is C24H20ClF4N5O. The number of halogens is 5. The Morgan fingerprint density at radius 1 is 1.03 bits per heavy atom. The second-order valence-corrected chi connectivity index (χ2v) is 8.41. The van der Waals surface area contributed by atoms with E-state index in [2.05, 4.69) is 15.5 Å². The molecule has 2 aromatic carbocycles. The van der Waals surface area contributed by atoms with Crippen LogP contribution in [0.5, 0.6) is 0 Å². The maximum absolute atomic E-state index is 13.9. The Labute approximate surface area is 203 Å². The number of amides is 1. The quantitative estimate of drug-likeness (QED) is 0.350. The highest BCUT2D eigenvalue weighted by molar-refractivity contribution is 6.31. The summed E-state index contributed by atoms with van der Waals surface area (Å²) in [6.07, 6.45) is -0.160. The van der Waals surface area contributed by atoms with Crippen LogP contribution in [-0.4, -0.2) is 25.5 Å². The van der Waals surface area contributed by atoms with Gasteiger partial charge in [-0.2, -0.15) is 23.4 Å². The van der Waals surface area contributed by atoms with Crippen molar-refractivity contribution in [3.8, 4) is 0 Å². The van der Waals surface area contributed by atoms with Gasteiger partial charge in [-0.1, -0.05) is 41.9 Å². The Morgan fingerprint density at radius 3 is 2.26 bits per heavy atom. The summed E-state index contributed by atoms with van der Waals surface area (Å²) in [5.74, 6) is -1.71. The predicted molar refractivity (Wildman–Crippen MR) is 121 cm³/mol. The Balaban J connectivity index is 1.49. The molecule has 0 unspecified atom stereocenters. The smallest absolute Gasteiger partial charge is 0.348 e. The van der Waals surface area contributed by atoms with Crippen molar-refractivity contribution in [2.24, 2.45) is 0 Å². The Morgan fingerprint density at radius 2 is 1.69 bits per heavy atom. The molecule has 0 bridgehead atoms. The fourth-order valence-corrected chi connectivity index (χ4v) is 3.75. The van der Waals surface area contributed by atoms with Crippen LogP contribution in [0.3, 0.4) is 0 Å². The third kappa shape index (κ3) is 5.89. The summed E-state index contributed by atoms with van der Waals surface area (Å²) in [5.41, 5.74) is 0.717. The second kappa shape index (κ2) is 9.91. The molecule has 0 saturated heterocycles. The molecule has 1 N–H and O–H groups in total. The molecule has 2 heterocycles. The summed E-state index contributed by atoms with van der Waals surface area (Å²) in [4.78, 5) is 12.6. The van der Waals surface area contributed by atoms with E-state index in [1.165, 1.54) is 12.1 Å². The van der Waals surface area contributed by atoms with Gasteiger partial charge in [0.05, 0.1) is 24.8 Å². The molecule has 2 aromatic heterocycles. The third-order valence-corrected chi connectivity index (χ3v) is 5.59. The average molecular weight is 506 g/mol. The van der Waals surface area contributed by atoms with Crippen LogP contribution in [0, 0.1) is 12.7 Å². The standard InChI is InChI=1S/C24H20ClF4N5O/c1-15-9-31-33(11-15)12-16-5-7-17(8-6-16)13-34-14-19(22(32-34)24(27,28)29)23(35)30-10-18-20(25)3-2-4-21(18)26/h2-9,11,14H,10,12-13H2,1H3,(H,30,35). The first kappa shape index (κ1) is 24.5. The highest BCUT2D eigenvalue weighted by Crippen LogP contribution is 2.31. The Hall–Kier alpha value is -3.66. The molecule has 4 aromatic rings. The van der Waals surface area contributed by atoms with Crippen LogP contribution in [0.15, 0.2) is 61.1 Å². The number of alkyl halides is 3. The van der Waals surface area contributed by atoms with Crippen molar-refractivity contribution in [2.75, 3.05) is 0 Å². The van der Waals surface area contributed by atoms with E-state index in [-0.39, 0.29) is 23.7 Å². The first-order valence-electron chi connectivity index (χ1n) is 10.5. The molecular weight excluding hydrogens is 486 g/mol. The first-order valence-corrected chi connectivity index (χ1v) is 10.9. The summed E-state index contributed by atoms with van der Waals surface area (Å²) < 4.78 is 57.5. The van der Waals surface area contributed by atoms with Gasteiger partial charge in [-0.3, -0.25) is 14.2 Å². The number of hydrogen-bond donors (Lipinski definition) is 1. The third-order valence-electron chi connectivity index (χ3n) is 5.24. The van der Waals surface area contributed by atoms with Crippen molar-refractivity contribution >= 4 is 17.5 Å². The van der Waals surface area contributed by atoms with Gasteiger partial charge in [0.1, 0.15) is 5.82 Å². The number of carbonyl (C=O) groups is 1. The lowest BCUT2D eigenvalue weighted by molar-refractivity contribution is -0.141. The molecule has 0 fully saturated rings. The minimum absolute atomic E-state index is 0.0196. The van der Waals surface area contributed by atoms with Gasteiger partial charge in [0.15, 0.2) is 5.69 Å². The number of aromatic nitrogens is 4. The van der Waals surface area contributed by atoms with E-state index in [0.29, 0.717) is 12.1 Å². The Kier molecular flexibility index (Phi) is 6.93. The largest absolute Gasteiger partial charge is 0.435 e. The molecule has 0 spiro atoms. The van der Waals surface area contributed by atoms with Crippen LogP contribution in [0.1, 0.15) is 38.3 Å². The van der Waals surface area contributed by atoms with Gasteiger partial charge in [-0.05, 0) is 35.7 Å². The Bertz CT molecular complexity index is 1320. The minimum Gasteiger partial charge on any atom is -0.348 e. The molecule has 0 aliphatic heterocycles. The van der Waals surface area contributed by atoms with Crippen molar-refractivity contribution in [1.29, 1.82) is 0 Å². The topological polar surface area (TPSA) is 64.7 Å². The van der Waals surface area contributed by atoms with Gasteiger partial charge in [-0.15, -0.1) is 0 Å². The summed E-state index contributed by atoms with van der Waals surface area (Å²) in [6.45, 7) is 2.15. The molecule has 35 heavy (non-hydrogen) atoms. The van der Waals surface area contributed by atoms with Crippen LogP contribution in [0.25, 0.3) is 0 Å². The van der Waals surface area contributed by atoms with Gasteiger partial charge >= 0.3 is 6.18 Å². The van der Waals surface area contributed by atoms with Crippen LogP contribution in [0.2, 0.25) is 5.02 Å². The van der Waals surface area contributed by atoms with Crippen molar-refractivity contribution in [1.82, 2.24) is 24.9 Å². The summed E-state index contributed by atoms with van der Waals surface area (Å²) in [6, 6.07) is 11.2. The second-order valence-electron chi connectivity index (χ2n) is 8.00. The van der Waals surface area contributed by atoms with Crippen molar-refractivity contribution < 1.29 is 22.4 Å². The lowest BCUT2D eigenvalue weighted by Crippen LogP contribution is -2.25. The molecule has 0 saturated carbocycles. The monoisotopic (exact) mass is 505 g/mol. The van der Waals surface area contributed by atoms with Gasteiger partial charge in [0, 0.05) is 29.5 Å². The van der Waals surface area contributed by atoms with Gasteiger partial charge in [-0.25, -0.2) is 4.39 Å². The average Bonchev–Trinajstić information content (AvgIpc) is 3.41. The SMILES string of the molecule is Cc1cnn(Cc2ccc(Cn3cc(C(=O)NCc4c(F)cccc4Cl)c(C(F)(F)F)n3)cc2)c1. The number of aryl methyl sites for hydroxylation is 1. The maximum atomic E-state index is 13.9. The molecule has 4 rings (SSSR count). The van der Waals surface area contributed by atoms with Gasteiger partial charge in [0.25, 0.3) is 5.91 Å². The zero-order chi connectivity index (χ0) is 25.2. The molecule has 11 heteroatoms. The summed E-state index contributed by atoms with van der Waals surface area (Å²) >= 11 is 5.92. The zero-order valence-corrected chi connectivity index (χ0v) is 19.2. The minimum atomic E-state index is -4.85. The van der Waals surface area contributed by atoms with Crippen molar-refractivity contribution in [3.63, 3.8) is 0 Å². The van der Waals surface area contributed by atoms with Crippen LogP contribution in [-0.2, 0) is 25.8 Å². The van der Waals surface area contributed by atoms with E-state index in [4.69, 9.17) is 11.6 Å². The van der Waals surface area contributed by atoms with E-state index in [1.54, 1.807) is 23.0 Å². The van der Waals surface area contributed by atoms with Gasteiger partial charge < -0.3 is 5.32 Å². The fraction of sp³-hybridized carbons (Fsp3) is 0.208. The van der Waals surface area contributed by atoms with E-state index in [1.807, 2.05) is 25.3 Å². The number of hydrogen-bond acceptors (Lipinski definition) is 3. The molecule has 1 amide bonds. The molecule has 6 nitrogen and oxygen atoms in total. The lowest BCUT2D eigenvalue weighted by atomic mass is 10.1. The number of rotatable bonds is 7. The number of nitrogens with zero attached hydrogens (tertiary/aromatic N) is 4. The fourth-order valence-electron chi connectivity index (χ4n) is 3.52. The van der Waals surface area contributed by atoms with E-state index in [0.717, 1.165) is 28.1 Å². The lowest BCUT2D eigenvalue weighted by Gasteiger charge is -2.09. The molecule has 0 aliphatic carbocycles. The zero-order valence-electron chi connectivity index (χ0n) is 18.5. The van der Waals surface area contributed by atoms with Crippen LogP contribution < -0.4 is 5.32 Å². The van der Waals surface area contributed by atoms with E-state index in [9.17, 15) is 22.4 Å². The first-order chi connectivity index (χ1) is 16.6. The molecule has 0 atom stereocenters. The summed E-state index contributed by atoms with van der Waals surface area (Å²) in [5, 5.41) is 10.2. The van der Waals surface area contributed by atoms with E-state index < -0.39 is 29.2 Å². The normalized spacial score (nSPS) is 11.6. The number of benzene rings is 2. The van der Waals surface area contributed by atoms with Gasteiger partial charge in [0.2, 0.25) is 0 Å². The number of nitrogens with one attached hydrogen (secondary N) is 1. The van der Waals surface area contributed by atoms with Crippen LogP contribution >= 0.6 is 11.6 Å². The molecule has 182 valence electrons. The maximum Gasteiger partial charge on any atom is 0.435 e. The predicted octanol–water partition coefficient (Wildman–Crippen LogP) is 5.23. The summed E-state index contributed by atoms with van der Waals surface area (Å²) in [7, 11) is 0. The van der Waals surface area contributed by atoms with Crippen molar-refractivity contribution in [3.05, 3.63) is 105 Å². The molecule has 0 aliphatic rings. The van der Waals surface area contributed by atoms with Crippen molar-refractivity contribution in [2.45, 2.75) is 32.7 Å². The number of carbonyl (C=O) groups excluding carboxylic acids is 1.